The van der Waals surface area contributed by atoms with E-state index in [0.29, 0.717) is 28.2 Å². The minimum atomic E-state index is -1.07. The number of esters is 2. The van der Waals surface area contributed by atoms with Crippen LogP contribution in [0.2, 0.25) is 0 Å². The maximum absolute atomic E-state index is 11.9. The standard InChI is InChI=1S/C21H13N3O4S/c1-12-15-11-14-18(19(12)28-21(26)20(25)27-15)23-17(8-7-13-5-4-10-29-13)24(14)16-6-2-3-9-22-16/h2-11H,1H3/b8-7+. The summed E-state index contributed by atoms with van der Waals surface area (Å²) in [5.74, 6) is -0.411. The number of ether oxygens (including phenoxy) is 2. The average Bonchev–Trinajstić information content (AvgIpc) is 3.35. The Kier molecular flexibility index (Phi) is 3.99. The third-order valence-electron chi connectivity index (χ3n) is 4.51. The van der Waals surface area contributed by atoms with E-state index in [1.54, 1.807) is 30.5 Å². The van der Waals surface area contributed by atoms with Gasteiger partial charge in [-0.05, 0) is 42.7 Å². The van der Waals surface area contributed by atoms with Crippen molar-refractivity contribution in [1.82, 2.24) is 14.5 Å². The van der Waals surface area contributed by atoms with Crippen LogP contribution in [-0.4, -0.2) is 26.5 Å². The highest BCUT2D eigenvalue weighted by Crippen LogP contribution is 2.39. The Bertz CT molecular complexity index is 1290. The van der Waals surface area contributed by atoms with Gasteiger partial charge in [-0.15, -0.1) is 11.3 Å². The van der Waals surface area contributed by atoms with Crippen LogP contribution >= 0.6 is 11.3 Å². The molecule has 8 heteroatoms. The predicted octanol–water partition coefficient (Wildman–Crippen LogP) is 3.79. The fourth-order valence-electron chi connectivity index (χ4n) is 3.16. The molecular weight excluding hydrogens is 390 g/mol. The lowest BCUT2D eigenvalue weighted by molar-refractivity contribution is -0.155. The number of hydrogen-bond donors (Lipinski definition) is 0. The van der Waals surface area contributed by atoms with Gasteiger partial charge in [0.15, 0.2) is 5.75 Å². The summed E-state index contributed by atoms with van der Waals surface area (Å²) in [4.78, 5) is 34.0. The van der Waals surface area contributed by atoms with Crippen molar-refractivity contribution < 1.29 is 19.1 Å². The van der Waals surface area contributed by atoms with Gasteiger partial charge in [-0.1, -0.05) is 12.1 Å². The Balaban J connectivity index is 1.80. The Hall–Kier alpha value is -3.78. The van der Waals surface area contributed by atoms with Gasteiger partial charge >= 0.3 is 11.9 Å². The van der Waals surface area contributed by atoms with Crippen molar-refractivity contribution in [2.45, 2.75) is 6.92 Å². The molecule has 142 valence electrons. The number of carbonyl (C=O) groups excluding carboxylic acids is 2. The minimum absolute atomic E-state index is 0.216. The normalized spacial score (nSPS) is 13.6. The van der Waals surface area contributed by atoms with Crippen LogP contribution in [0, 0.1) is 6.92 Å². The molecule has 0 radical (unpaired) electrons. The molecule has 0 aliphatic carbocycles. The summed E-state index contributed by atoms with van der Waals surface area (Å²) in [7, 11) is 0. The van der Waals surface area contributed by atoms with Crippen LogP contribution in [0.25, 0.3) is 29.0 Å². The minimum Gasteiger partial charge on any atom is -0.418 e. The quantitative estimate of drug-likeness (QED) is 0.294. The Labute approximate surface area is 168 Å². The molecule has 1 aromatic carbocycles. The number of carbonyl (C=O) groups is 2. The molecule has 1 aliphatic rings. The Morgan fingerprint density at radius 1 is 1.07 bits per heavy atom. The van der Waals surface area contributed by atoms with E-state index in [2.05, 4.69) is 4.98 Å². The summed E-state index contributed by atoms with van der Waals surface area (Å²) in [6, 6.07) is 11.2. The summed E-state index contributed by atoms with van der Waals surface area (Å²) >= 11 is 1.61. The number of benzene rings is 1. The maximum atomic E-state index is 11.9. The van der Waals surface area contributed by atoms with Crippen molar-refractivity contribution in [3.05, 3.63) is 64.2 Å². The molecule has 4 heterocycles. The lowest BCUT2D eigenvalue weighted by atomic mass is 10.1. The molecule has 0 unspecified atom stereocenters. The van der Waals surface area contributed by atoms with Gasteiger partial charge in [0.2, 0.25) is 0 Å². The van der Waals surface area contributed by atoms with E-state index in [9.17, 15) is 9.59 Å². The van der Waals surface area contributed by atoms with E-state index in [0.717, 1.165) is 4.88 Å². The first-order valence-electron chi connectivity index (χ1n) is 8.75. The van der Waals surface area contributed by atoms with E-state index in [1.165, 1.54) is 0 Å². The van der Waals surface area contributed by atoms with Gasteiger partial charge < -0.3 is 9.47 Å². The zero-order valence-corrected chi connectivity index (χ0v) is 16.0. The van der Waals surface area contributed by atoms with Crippen molar-refractivity contribution >= 4 is 46.5 Å². The Morgan fingerprint density at radius 3 is 2.69 bits per heavy atom. The van der Waals surface area contributed by atoms with Crippen LogP contribution in [0.15, 0.2) is 48.0 Å². The SMILES string of the molecule is Cc1c2cc3c(nc(/C=C/c4cccs4)n3-c3ccccn3)c1OC(=O)C(=O)O2. The van der Waals surface area contributed by atoms with Gasteiger partial charge in [-0.2, -0.15) is 0 Å². The van der Waals surface area contributed by atoms with Gasteiger partial charge in [0, 0.05) is 22.7 Å². The number of rotatable bonds is 3. The highest BCUT2D eigenvalue weighted by molar-refractivity contribution is 7.10. The maximum Gasteiger partial charge on any atom is 0.423 e. The van der Waals surface area contributed by atoms with Gasteiger partial charge in [-0.25, -0.2) is 19.6 Å². The lowest BCUT2D eigenvalue weighted by Gasteiger charge is -2.08. The smallest absolute Gasteiger partial charge is 0.418 e. The molecule has 4 aromatic rings. The highest BCUT2D eigenvalue weighted by Gasteiger charge is 2.30. The van der Waals surface area contributed by atoms with E-state index >= 15 is 0 Å². The van der Waals surface area contributed by atoms with Crippen molar-refractivity contribution in [2.75, 3.05) is 0 Å². The van der Waals surface area contributed by atoms with Crippen LogP contribution in [0.5, 0.6) is 11.5 Å². The van der Waals surface area contributed by atoms with Crippen LogP contribution in [0.3, 0.4) is 0 Å². The summed E-state index contributed by atoms with van der Waals surface area (Å²) < 4.78 is 12.3. The summed E-state index contributed by atoms with van der Waals surface area (Å²) in [5, 5.41) is 1.99. The molecule has 7 nitrogen and oxygen atoms in total. The van der Waals surface area contributed by atoms with Crippen molar-refractivity contribution in [2.24, 2.45) is 0 Å². The van der Waals surface area contributed by atoms with Crippen molar-refractivity contribution in [1.29, 1.82) is 0 Å². The third kappa shape index (κ3) is 2.90. The van der Waals surface area contributed by atoms with Gasteiger partial charge in [0.05, 0.1) is 5.52 Å². The van der Waals surface area contributed by atoms with Crippen LogP contribution < -0.4 is 9.47 Å². The van der Waals surface area contributed by atoms with Crippen LogP contribution in [0.4, 0.5) is 0 Å². The molecule has 5 rings (SSSR count). The largest absolute Gasteiger partial charge is 0.423 e. The summed E-state index contributed by atoms with van der Waals surface area (Å²) in [6.45, 7) is 1.72. The second kappa shape index (κ2) is 6.68. The topological polar surface area (TPSA) is 83.3 Å². The van der Waals surface area contributed by atoms with Crippen molar-refractivity contribution in [3.8, 4) is 17.3 Å². The highest BCUT2D eigenvalue weighted by atomic mass is 32.1. The molecule has 3 aromatic heterocycles. The van der Waals surface area contributed by atoms with Gasteiger partial charge in [-0.3, -0.25) is 4.57 Å². The first-order valence-corrected chi connectivity index (χ1v) is 9.63. The molecule has 1 aliphatic heterocycles. The Morgan fingerprint density at radius 2 is 1.93 bits per heavy atom. The molecule has 0 fully saturated rings. The monoisotopic (exact) mass is 403 g/mol. The first-order chi connectivity index (χ1) is 14.1. The molecule has 2 bridgehead atoms. The zero-order chi connectivity index (χ0) is 20.0. The second-order valence-corrected chi connectivity index (χ2v) is 7.30. The van der Waals surface area contributed by atoms with Gasteiger partial charge in [0.25, 0.3) is 0 Å². The third-order valence-corrected chi connectivity index (χ3v) is 5.35. The van der Waals surface area contributed by atoms with Crippen LogP contribution in [-0.2, 0) is 9.59 Å². The summed E-state index contributed by atoms with van der Waals surface area (Å²) in [6.07, 6.45) is 5.51. The average molecular weight is 403 g/mol. The number of fused-ring (bicyclic) bond motifs is 4. The van der Waals surface area contributed by atoms with Gasteiger partial charge in [0.1, 0.15) is 22.9 Å². The van der Waals surface area contributed by atoms with E-state index < -0.39 is 11.9 Å². The molecule has 0 N–H and O–H groups in total. The number of thiophene rings is 1. The number of nitrogens with zero attached hydrogens (tertiary/aromatic N) is 3. The number of aromatic nitrogens is 3. The molecule has 0 amide bonds. The van der Waals surface area contributed by atoms with Crippen molar-refractivity contribution in [3.63, 3.8) is 0 Å². The molecule has 0 saturated heterocycles. The fourth-order valence-corrected chi connectivity index (χ4v) is 3.78. The number of pyridine rings is 1. The molecule has 0 saturated carbocycles. The molecule has 0 atom stereocenters. The van der Waals surface area contributed by atoms with Crippen LogP contribution in [0.1, 0.15) is 16.3 Å². The predicted molar refractivity (Wildman–Crippen MR) is 108 cm³/mol. The second-order valence-electron chi connectivity index (χ2n) is 6.32. The lowest BCUT2D eigenvalue weighted by Crippen LogP contribution is -2.23. The molecular formula is C21H13N3O4S. The molecule has 0 spiro atoms. The summed E-state index contributed by atoms with van der Waals surface area (Å²) in [5.41, 5.74) is 1.61. The van der Waals surface area contributed by atoms with E-state index in [1.807, 2.05) is 52.4 Å². The van der Waals surface area contributed by atoms with E-state index in [-0.39, 0.29) is 11.5 Å². The van der Waals surface area contributed by atoms with E-state index in [4.69, 9.17) is 14.5 Å². The zero-order valence-electron chi connectivity index (χ0n) is 15.2. The fraction of sp³-hybridized carbons (Fsp3) is 0.0476. The number of imidazole rings is 1. The number of hydrogen-bond acceptors (Lipinski definition) is 7. The first kappa shape index (κ1) is 17.3. The molecule has 29 heavy (non-hydrogen) atoms.